The molecule has 1 heterocycles. The molecule has 0 aliphatic heterocycles. The quantitative estimate of drug-likeness (QED) is 0.939. The summed E-state index contributed by atoms with van der Waals surface area (Å²) < 4.78 is 38.4. The number of benzene rings is 1. The van der Waals surface area contributed by atoms with Crippen LogP contribution in [0, 0.1) is 13.8 Å². The van der Waals surface area contributed by atoms with E-state index >= 15 is 0 Å². The number of aliphatic hydroxyl groups excluding tert-OH is 1. The van der Waals surface area contributed by atoms with Crippen LogP contribution in [0.1, 0.15) is 28.5 Å². The van der Waals surface area contributed by atoms with Crippen LogP contribution in [0.15, 0.2) is 30.5 Å². The Bertz CT molecular complexity index is 605. The van der Waals surface area contributed by atoms with E-state index in [9.17, 15) is 18.3 Å². The molecule has 0 aliphatic carbocycles. The van der Waals surface area contributed by atoms with Crippen molar-refractivity contribution in [3.8, 4) is 0 Å². The Kier molecular flexibility index (Phi) is 3.85. The lowest BCUT2D eigenvalue weighted by atomic mass is 10.0. The molecule has 0 aliphatic rings. The summed E-state index contributed by atoms with van der Waals surface area (Å²) in [5.74, 6) is 0. The molecule has 0 fully saturated rings. The van der Waals surface area contributed by atoms with E-state index in [2.05, 4.69) is 5.10 Å². The van der Waals surface area contributed by atoms with Crippen molar-refractivity contribution in [3.63, 3.8) is 0 Å². The van der Waals surface area contributed by atoms with Crippen molar-refractivity contribution >= 4 is 0 Å². The molecule has 2 aromatic rings. The van der Waals surface area contributed by atoms with E-state index in [-0.39, 0.29) is 6.54 Å². The fourth-order valence-electron chi connectivity index (χ4n) is 2.01. The highest BCUT2D eigenvalue weighted by atomic mass is 19.4. The van der Waals surface area contributed by atoms with Gasteiger partial charge >= 0.3 is 6.18 Å². The van der Waals surface area contributed by atoms with Gasteiger partial charge in [0.25, 0.3) is 0 Å². The van der Waals surface area contributed by atoms with Crippen LogP contribution in [0.5, 0.6) is 0 Å². The van der Waals surface area contributed by atoms with Crippen molar-refractivity contribution in [2.45, 2.75) is 32.7 Å². The first-order chi connectivity index (χ1) is 9.27. The van der Waals surface area contributed by atoms with Gasteiger partial charge in [-0.25, -0.2) is 0 Å². The summed E-state index contributed by atoms with van der Waals surface area (Å²) in [4.78, 5) is 0. The van der Waals surface area contributed by atoms with E-state index in [0.717, 1.165) is 21.9 Å². The van der Waals surface area contributed by atoms with Crippen LogP contribution in [0.25, 0.3) is 0 Å². The Hall–Kier alpha value is -1.82. The lowest BCUT2D eigenvalue weighted by Crippen LogP contribution is -2.13. The minimum absolute atomic E-state index is 0.0135. The third-order valence-corrected chi connectivity index (χ3v) is 3.08. The Morgan fingerprint density at radius 3 is 2.55 bits per heavy atom. The van der Waals surface area contributed by atoms with Gasteiger partial charge in [0.1, 0.15) is 0 Å². The number of aromatic nitrogens is 2. The second-order valence-corrected chi connectivity index (χ2v) is 4.80. The molecule has 0 bridgehead atoms. The van der Waals surface area contributed by atoms with Crippen LogP contribution in [0.2, 0.25) is 0 Å². The molecule has 6 heteroatoms. The predicted molar refractivity (Wildman–Crippen MR) is 68.1 cm³/mol. The molecule has 0 radical (unpaired) electrons. The first-order valence-electron chi connectivity index (χ1n) is 6.13. The molecular formula is C14H15F3N2O. The number of nitrogens with zero attached hydrogens (tertiary/aromatic N) is 2. The lowest BCUT2D eigenvalue weighted by molar-refractivity contribution is -0.141. The van der Waals surface area contributed by atoms with E-state index in [1.807, 2.05) is 32.0 Å². The van der Waals surface area contributed by atoms with Gasteiger partial charge in [-0.1, -0.05) is 23.8 Å². The van der Waals surface area contributed by atoms with Crippen LogP contribution in [-0.4, -0.2) is 14.9 Å². The van der Waals surface area contributed by atoms with Gasteiger partial charge in [-0.3, -0.25) is 4.68 Å². The van der Waals surface area contributed by atoms with E-state index in [4.69, 9.17) is 0 Å². The van der Waals surface area contributed by atoms with Crippen LogP contribution in [0.3, 0.4) is 0 Å². The maximum absolute atomic E-state index is 12.4. The third-order valence-electron chi connectivity index (χ3n) is 3.08. The highest BCUT2D eigenvalue weighted by Gasteiger charge is 2.33. The first-order valence-corrected chi connectivity index (χ1v) is 6.13. The predicted octanol–water partition coefficient (Wildman–Crippen LogP) is 3.25. The van der Waals surface area contributed by atoms with Gasteiger partial charge in [0, 0.05) is 6.20 Å². The molecule has 1 unspecified atom stereocenters. The van der Waals surface area contributed by atoms with Gasteiger partial charge in [0.15, 0.2) is 5.69 Å². The maximum Gasteiger partial charge on any atom is 0.435 e. The number of hydrogen-bond acceptors (Lipinski definition) is 2. The first kappa shape index (κ1) is 14.6. The van der Waals surface area contributed by atoms with Crippen LogP contribution < -0.4 is 0 Å². The summed E-state index contributed by atoms with van der Waals surface area (Å²) in [6, 6.07) is 6.52. The second-order valence-electron chi connectivity index (χ2n) is 4.80. The molecule has 0 amide bonds. The molecule has 20 heavy (non-hydrogen) atoms. The average molecular weight is 284 g/mol. The highest BCUT2D eigenvalue weighted by Crippen LogP contribution is 2.28. The van der Waals surface area contributed by atoms with Gasteiger partial charge in [0.05, 0.1) is 12.6 Å². The number of aryl methyl sites for hydroxylation is 2. The van der Waals surface area contributed by atoms with Gasteiger partial charge in [0.2, 0.25) is 0 Å². The highest BCUT2D eigenvalue weighted by molar-refractivity contribution is 5.32. The summed E-state index contributed by atoms with van der Waals surface area (Å²) in [7, 11) is 0. The van der Waals surface area contributed by atoms with Crippen LogP contribution in [0.4, 0.5) is 13.2 Å². The molecule has 1 aromatic carbocycles. The second kappa shape index (κ2) is 5.28. The zero-order chi connectivity index (χ0) is 14.9. The Morgan fingerprint density at radius 1 is 1.25 bits per heavy atom. The fourth-order valence-corrected chi connectivity index (χ4v) is 2.01. The largest absolute Gasteiger partial charge is 0.435 e. The van der Waals surface area contributed by atoms with Crippen molar-refractivity contribution in [2.24, 2.45) is 0 Å². The van der Waals surface area contributed by atoms with Crippen molar-refractivity contribution in [1.29, 1.82) is 0 Å². The number of aliphatic hydroxyl groups is 1. The minimum Gasteiger partial charge on any atom is -0.386 e. The zero-order valence-electron chi connectivity index (χ0n) is 11.1. The van der Waals surface area contributed by atoms with Crippen molar-refractivity contribution in [1.82, 2.24) is 9.78 Å². The molecule has 3 nitrogen and oxygen atoms in total. The summed E-state index contributed by atoms with van der Waals surface area (Å²) in [5, 5.41) is 13.6. The van der Waals surface area contributed by atoms with Crippen LogP contribution >= 0.6 is 0 Å². The standard InChI is InChI=1S/C14H15F3N2O/c1-9-3-4-10(2)11(7-9)12(20)8-19-6-5-13(18-19)14(15,16)17/h3-7,12,20H,8H2,1-2H3. The van der Waals surface area contributed by atoms with E-state index in [1.54, 1.807) is 0 Å². The minimum atomic E-state index is -4.46. The van der Waals surface area contributed by atoms with Gasteiger partial charge in [-0.2, -0.15) is 18.3 Å². The van der Waals surface area contributed by atoms with E-state index in [0.29, 0.717) is 5.56 Å². The summed E-state index contributed by atoms with van der Waals surface area (Å²) in [6.45, 7) is 3.73. The molecular weight excluding hydrogens is 269 g/mol. The Labute approximate surface area is 114 Å². The summed E-state index contributed by atoms with van der Waals surface area (Å²) in [5.41, 5.74) is 1.63. The van der Waals surface area contributed by atoms with E-state index in [1.165, 1.54) is 6.20 Å². The summed E-state index contributed by atoms with van der Waals surface area (Å²) >= 11 is 0. The van der Waals surface area contributed by atoms with Gasteiger partial charge in [-0.15, -0.1) is 0 Å². The number of alkyl halides is 3. The average Bonchev–Trinajstić information content (AvgIpc) is 2.80. The number of hydrogen-bond donors (Lipinski definition) is 1. The number of rotatable bonds is 3. The molecule has 0 saturated heterocycles. The van der Waals surface area contributed by atoms with Crippen molar-refractivity contribution in [3.05, 3.63) is 52.8 Å². The Balaban J connectivity index is 2.17. The molecule has 2 rings (SSSR count). The molecule has 108 valence electrons. The molecule has 0 saturated carbocycles. The Morgan fingerprint density at radius 2 is 1.95 bits per heavy atom. The topological polar surface area (TPSA) is 38.0 Å². The van der Waals surface area contributed by atoms with Crippen molar-refractivity contribution < 1.29 is 18.3 Å². The monoisotopic (exact) mass is 284 g/mol. The summed E-state index contributed by atoms with van der Waals surface area (Å²) in [6.07, 6.45) is -4.14. The van der Waals surface area contributed by atoms with E-state index < -0.39 is 18.0 Å². The maximum atomic E-state index is 12.4. The van der Waals surface area contributed by atoms with Gasteiger partial charge < -0.3 is 5.11 Å². The lowest BCUT2D eigenvalue weighted by Gasteiger charge is -2.14. The molecule has 1 atom stereocenters. The SMILES string of the molecule is Cc1ccc(C)c(C(O)Cn2ccc(C(F)(F)F)n2)c1. The van der Waals surface area contributed by atoms with Gasteiger partial charge in [-0.05, 0) is 31.0 Å². The number of halogens is 3. The third kappa shape index (κ3) is 3.19. The smallest absolute Gasteiger partial charge is 0.386 e. The molecule has 1 aromatic heterocycles. The normalized spacial score (nSPS) is 13.5. The van der Waals surface area contributed by atoms with Crippen LogP contribution in [-0.2, 0) is 12.7 Å². The van der Waals surface area contributed by atoms with Crippen molar-refractivity contribution in [2.75, 3.05) is 0 Å². The molecule has 0 spiro atoms. The zero-order valence-corrected chi connectivity index (χ0v) is 11.1. The fraction of sp³-hybridized carbons (Fsp3) is 0.357. The molecule has 1 N–H and O–H groups in total.